The maximum atomic E-state index is 12.1. The summed E-state index contributed by atoms with van der Waals surface area (Å²) in [5.41, 5.74) is 14.8. The van der Waals surface area contributed by atoms with E-state index < -0.39 is 0 Å². The molecule has 1 aromatic heterocycles. The van der Waals surface area contributed by atoms with Crippen molar-refractivity contribution in [2.45, 2.75) is 50.6 Å². The summed E-state index contributed by atoms with van der Waals surface area (Å²) < 4.78 is 1.54. The number of hydrogen-bond donors (Lipinski definition) is 3. The Balaban J connectivity index is 1.40. The van der Waals surface area contributed by atoms with Crippen LogP contribution in [0.1, 0.15) is 36.8 Å². The zero-order chi connectivity index (χ0) is 18.1. The molecule has 1 fully saturated rings. The highest BCUT2D eigenvalue weighted by Crippen LogP contribution is 2.26. The highest BCUT2D eigenvalue weighted by atomic mass is 16.1. The molecule has 1 unspecified atom stereocenters. The van der Waals surface area contributed by atoms with Crippen LogP contribution < -0.4 is 22.5 Å². The molecule has 1 heterocycles. The molecule has 0 saturated heterocycles. The van der Waals surface area contributed by atoms with Crippen molar-refractivity contribution in [1.29, 1.82) is 0 Å². The quantitative estimate of drug-likeness (QED) is 0.771. The van der Waals surface area contributed by atoms with Crippen molar-refractivity contribution in [3.8, 4) is 5.69 Å². The summed E-state index contributed by atoms with van der Waals surface area (Å²) in [6.07, 6.45) is 8.54. The van der Waals surface area contributed by atoms with Gasteiger partial charge in [0, 0.05) is 18.3 Å². The van der Waals surface area contributed by atoms with Gasteiger partial charge in [-0.3, -0.25) is 4.57 Å². The number of aromatic nitrogens is 2. The molecule has 2 aliphatic rings. The van der Waals surface area contributed by atoms with E-state index in [1.54, 1.807) is 16.8 Å². The summed E-state index contributed by atoms with van der Waals surface area (Å²) in [5.74, 6) is 1.01. The molecule has 0 aliphatic heterocycles. The van der Waals surface area contributed by atoms with Gasteiger partial charge in [0.15, 0.2) is 0 Å². The van der Waals surface area contributed by atoms with Crippen LogP contribution in [-0.2, 0) is 12.8 Å². The predicted octanol–water partition coefficient (Wildman–Crippen LogP) is 1.39. The third-order valence-corrected chi connectivity index (χ3v) is 5.81. The lowest BCUT2D eigenvalue weighted by atomic mass is 9.86. The maximum Gasteiger partial charge on any atom is 0.354 e. The smallest absolute Gasteiger partial charge is 0.354 e. The molecule has 0 amide bonds. The third kappa shape index (κ3) is 3.66. The van der Waals surface area contributed by atoms with Gasteiger partial charge in [-0.25, -0.2) is 4.79 Å². The second-order valence-corrected chi connectivity index (χ2v) is 7.75. The summed E-state index contributed by atoms with van der Waals surface area (Å²) in [4.78, 5) is 15.9. The van der Waals surface area contributed by atoms with Gasteiger partial charge in [0.25, 0.3) is 0 Å². The van der Waals surface area contributed by atoms with Gasteiger partial charge in [-0.1, -0.05) is 6.07 Å². The molecule has 6 nitrogen and oxygen atoms in total. The van der Waals surface area contributed by atoms with Crippen molar-refractivity contribution in [2.75, 3.05) is 12.3 Å². The Morgan fingerprint density at radius 3 is 2.65 bits per heavy atom. The molecule has 6 heteroatoms. The van der Waals surface area contributed by atoms with E-state index in [9.17, 15) is 4.79 Å². The first-order valence-electron chi connectivity index (χ1n) is 9.55. The summed E-state index contributed by atoms with van der Waals surface area (Å²) in [7, 11) is 0. The molecule has 26 heavy (non-hydrogen) atoms. The van der Waals surface area contributed by atoms with Gasteiger partial charge < -0.3 is 16.8 Å². The lowest BCUT2D eigenvalue weighted by molar-refractivity contribution is 0.304. The Labute approximate surface area is 153 Å². The summed E-state index contributed by atoms with van der Waals surface area (Å²) in [5, 5.41) is 3.75. The molecule has 1 atom stereocenters. The number of fused-ring (bicyclic) bond motifs is 1. The van der Waals surface area contributed by atoms with Gasteiger partial charge in [-0.05, 0) is 80.3 Å². The molecule has 5 N–H and O–H groups in total. The number of rotatable bonds is 4. The van der Waals surface area contributed by atoms with E-state index >= 15 is 0 Å². The zero-order valence-electron chi connectivity index (χ0n) is 15.0. The number of nitrogens with zero attached hydrogens (tertiary/aromatic N) is 2. The Morgan fingerprint density at radius 2 is 1.88 bits per heavy atom. The monoisotopic (exact) mass is 353 g/mol. The van der Waals surface area contributed by atoms with Crippen LogP contribution in [0.15, 0.2) is 35.3 Å². The SMILES string of the molecule is Nc1ccn(-c2ccc3c(c2)CC(NCC2CCC(N)CC2)C3)c(=O)n1. The minimum atomic E-state index is -0.340. The largest absolute Gasteiger partial charge is 0.383 e. The van der Waals surface area contributed by atoms with E-state index in [4.69, 9.17) is 11.5 Å². The van der Waals surface area contributed by atoms with Crippen LogP contribution in [0, 0.1) is 5.92 Å². The summed E-state index contributed by atoms with van der Waals surface area (Å²) in [6, 6.07) is 8.77. The number of nitrogen functional groups attached to an aromatic ring is 1. The van der Waals surface area contributed by atoms with Crippen LogP contribution in [0.5, 0.6) is 0 Å². The van der Waals surface area contributed by atoms with E-state index in [0.29, 0.717) is 12.1 Å². The molecular weight excluding hydrogens is 326 g/mol. The van der Waals surface area contributed by atoms with Crippen LogP contribution in [0.4, 0.5) is 5.82 Å². The van der Waals surface area contributed by atoms with Gasteiger partial charge in [0.1, 0.15) is 5.82 Å². The fourth-order valence-corrected chi connectivity index (χ4v) is 4.24. The maximum absolute atomic E-state index is 12.1. The molecule has 0 radical (unpaired) electrons. The Hall–Kier alpha value is -2.18. The van der Waals surface area contributed by atoms with Crippen LogP contribution in [0.3, 0.4) is 0 Å². The van der Waals surface area contributed by atoms with Crippen LogP contribution in [-0.4, -0.2) is 28.2 Å². The fraction of sp³-hybridized carbons (Fsp3) is 0.500. The Bertz CT molecular complexity index is 838. The van der Waals surface area contributed by atoms with Crippen molar-refractivity contribution in [1.82, 2.24) is 14.9 Å². The summed E-state index contributed by atoms with van der Waals surface area (Å²) >= 11 is 0. The van der Waals surface area contributed by atoms with Crippen LogP contribution >= 0.6 is 0 Å². The van der Waals surface area contributed by atoms with Gasteiger partial charge in [-0.15, -0.1) is 0 Å². The highest BCUT2D eigenvalue weighted by molar-refractivity contribution is 5.44. The number of nitrogens with two attached hydrogens (primary N) is 2. The van der Waals surface area contributed by atoms with Crippen molar-refractivity contribution >= 4 is 5.82 Å². The lowest BCUT2D eigenvalue weighted by Crippen LogP contribution is -2.36. The standard InChI is InChI=1S/C20H27N5O/c21-16-4-1-13(2-5-16)12-23-17-9-14-3-6-18(11-15(14)10-17)25-8-7-19(22)24-20(25)26/h3,6-8,11,13,16-17,23H,1-2,4-5,9-10,12,21H2,(H2,22,24,26). The number of nitrogens with one attached hydrogen (secondary N) is 1. The van der Waals surface area contributed by atoms with Crippen molar-refractivity contribution < 1.29 is 0 Å². The van der Waals surface area contributed by atoms with Crippen LogP contribution in [0.25, 0.3) is 5.69 Å². The lowest BCUT2D eigenvalue weighted by Gasteiger charge is -2.27. The first-order chi connectivity index (χ1) is 12.6. The molecule has 1 saturated carbocycles. The number of benzene rings is 1. The van der Waals surface area contributed by atoms with Crippen molar-refractivity contribution in [2.24, 2.45) is 11.7 Å². The molecule has 4 rings (SSSR count). The van der Waals surface area contributed by atoms with Crippen LogP contribution in [0.2, 0.25) is 0 Å². The van der Waals surface area contributed by atoms with E-state index in [2.05, 4.69) is 22.4 Å². The molecule has 138 valence electrons. The Morgan fingerprint density at radius 1 is 1.12 bits per heavy atom. The topological polar surface area (TPSA) is 99.0 Å². The molecular formula is C20H27N5O. The van der Waals surface area contributed by atoms with E-state index in [-0.39, 0.29) is 11.5 Å². The van der Waals surface area contributed by atoms with Gasteiger partial charge in [0.2, 0.25) is 0 Å². The van der Waals surface area contributed by atoms with E-state index in [1.807, 2.05) is 6.07 Å². The number of hydrogen-bond acceptors (Lipinski definition) is 5. The second kappa shape index (κ2) is 7.21. The molecule has 0 bridgehead atoms. The average Bonchev–Trinajstić information content (AvgIpc) is 3.03. The third-order valence-electron chi connectivity index (χ3n) is 5.81. The zero-order valence-corrected chi connectivity index (χ0v) is 15.0. The molecule has 2 aromatic rings. The minimum Gasteiger partial charge on any atom is -0.383 e. The van der Waals surface area contributed by atoms with Gasteiger partial charge >= 0.3 is 5.69 Å². The van der Waals surface area contributed by atoms with Gasteiger partial charge in [0.05, 0.1) is 5.69 Å². The normalized spacial score (nSPS) is 25.2. The predicted molar refractivity (Wildman–Crippen MR) is 103 cm³/mol. The molecule has 2 aliphatic carbocycles. The highest BCUT2D eigenvalue weighted by Gasteiger charge is 2.24. The summed E-state index contributed by atoms with van der Waals surface area (Å²) in [6.45, 7) is 1.08. The van der Waals surface area contributed by atoms with Crippen molar-refractivity contribution in [3.63, 3.8) is 0 Å². The first-order valence-corrected chi connectivity index (χ1v) is 9.55. The van der Waals surface area contributed by atoms with Crippen molar-refractivity contribution in [3.05, 3.63) is 52.1 Å². The average molecular weight is 353 g/mol. The van der Waals surface area contributed by atoms with Gasteiger partial charge in [-0.2, -0.15) is 4.98 Å². The molecule has 1 aromatic carbocycles. The number of anilines is 1. The van der Waals surface area contributed by atoms with E-state index in [1.165, 1.54) is 24.0 Å². The Kier molecular flexibility index (Phi) is 4.78. The molecule has 0 spiro atoms. The second-order valence-electron chi connectivity index (χ2n) is 7.75. The fourth-order valence-electron chi connectivity index (χ4n) is 4.24. The minimum absolute atomic E-state index is 0.250. The first kappa shape index (κ1) is 17.2. The van der Waals surface area contributed by atoms with E-state index in [0.717, 1.165) is 43.8 Å².